The first-order chi connectivity index (χ1) is 9.40. The Bertz CT molecular complexity index is 633. The van der Waals surface area contributed by atoms with Crippen LogP contribution in [0.5, 0.6) is 0 Å². The van der Waals surface area contributed by atoms with Crippen molar-refractivity contribution in [2.24, 2.45) is 0 Å². The minimum atomic E-state index is 0.493. The number of hydrogen-bond donors (Lipinski definition) is 1. The van der Waals surface area contributed by atoms with Crippen molar-refractivity contribution in [3.05, 3.63) is 60.5 Å². The Hall–Kier alpha value is -0.410. The molecule has 0 bridgehead atoms. The van der Waals surface area contributed by atoms with E-state index in [1.165, 1.54) is 5.56 Å². The van der Waals surface area contributed by atoms with Crippen LogP contribution in [0.25, 0.3) is 0 Å². The highest BCUT2D eigenvalue weighted by molar-refractivity contribution is 9.10. The SMILES string of the molecule is Cc1cc(C)c(NCc2c(Cl)ccc(Cl)c2Cl)c(Br)c1. The number of halogens is 4. The minimum Gasteiger partial charge on any atom is -0.380 e. The van der Waals surface area contributed by atoms with E-state index in [0.717, 1.165) is 21.3 Å². The summed E-state index contributed by atoms with van der Waals surface area (Å²) in [6, 6.07) is 7.64. The lowest BCUT2D eigenvalue weighted by atomic mass is 10.1. The lowest BCUT2D eigenvalue weighted by Crippen LogP contribution is -2.03. The molecule has 0 heterocycles. The Morgan fingerprint density at radius 2 is 1.70 bits per heavy atom. The topological polar surface area (TPSA) is 12.0 Å². The fraction of sp³-hybridized carbons (Fsp3) is 0.200. The van der Waals surface area contributed by atoms with Gasteiger partial charge in [0.1, 0.15) is 0 Å². The molecule has 1 N–H and O–H groups in total. The molecule has 0 aliphatic heterocycles. The zero-order valence-corrected chi connectivity index (χ0v) is 14.9. The Labute approximate surface area is 142 Å². The third-order valence-electron chi connectivity index (χ3n) is 3.01. The molecule has 0 unspecified atom stereocenters. The van der Waals surface area contributed by atoms with Gasteiger partial charge in [0.2, 0.25) is 0 Å². The number of benzene rings is 2. The van der Waals surface area contributed by atoms with E-state index in [1.807, 2.05) is 0 Å². The zero-order chi connectivity index (χ0) is 14.9. The molecular formula is C15H13BrCl3N. The van der Waals surface area contributed by atoms with Crippen LogP contribution in [-0.4, -0.2) is 0 Å². The Morgan fingerprint density at radius 1 is 1.05 bits per heavy atom. The zero-order valence-electron chi connectivity index (χ0n) is 11.0. The van der Waals surface area contributed by atoms with Crippen LogP contribution in [-0.2, 0) is 6.54 Å². The fourth-order valence-corrected chi connectivity index (χ4v) is 3.54. The molecule has 0 saturated heterocycles. The van der Waals surface area contributed by atoms with Crippen LogP contribution in [0.2, 0.25) is 15.1 Å². The van der Waals surface area contributed by atoms with Gasteiger partial charge in [-0.3, -0.25) is 0 Å². The van der Waals surface area contributed by atoms with E-state index >= 15 is 0 Å². The number of hydrogen-bond acceptors (Lipinski definition) is 1. The van der Waals surface area contributed by atoms with Gasteiger partial charge < -0.3 is 5.32 Å². The molecule has 0 spiro atoms. The number of nitrogens with one attached hydrogen (secondary N) is 1. The molecule has 2 aromatic carbocycles. The summed E-state index contributed by atoms with van der Waals surface area (Å²) in [4.78, 5) is 0. The van der Waals surface area contributed by atoms with Gasteiger partial charge >= 0.3 is 0 Å². The van der Waals surface area contributed by atoms with Crippen LogP contribution in [0.1, 0.15) is 16.7 Å². The molecule has 0 atom stereocenters. The fourth-order valence-electron chi connectivity index (χ4n) is 2.05. The summed E-state index contributed by atoms with van der Waals surface area (Å²) >= 11 is 22.0. The lowest BCUT2D eigenvalue weighted by Gasteiger charge is -2.15. The normalized spacial score (nSPS) is 10.7. The van der Waals surface area contributed by atoms with E-state index < -0.39 is 0 Å². The van der Waals surface area contributed by atoms with Gasteiger partial charge in [-0.2, -0.15) is 0 Å². The average Bonchev–Trinajstić information content (AvgIpc) is 2.36. The molecule has 2 rings (SSSR count). The van der Waals surface area contributed by atoms with Gasteiger partial charge in [0.15, 0.2) is 0 Å². The van der Waals surface area contributed by atoms with E-state index in [9.17, 15) is 0 Å². The summed E-state index contributed by atoms with van der Waals surface area (Å²) < 4.78 is 1.02. The molecular weight excluding hydrogens is 380 g/mol. The summed E-state index contributed by atoms with van der Waals surface area (Å²) in [6.07, 6.45) is 0. The van der Waals surface area contributed by atoms with Gasteiger partial charge in [-0.25, -0.2) is 0 Å². The summed E-state index contributed by atoms with van der Waals surface area (Å²) in [5, 5.41) is 4.96. The Morgan fingerprint density at radius 3 is 2.35 bits per heavy atom. The molecule has 2 aromatic rings. The predicted molar refractivity (Wildman–Crippen MR) is 92.4 cm³/mol. The van der Waals surface area contributed by atoms with Crippen molar-refractivity contribution in [3.63, 3.8) is 0 Å². The van der Waals surface area contributed by atoms with Gasteiger partial charge in [0.25, 0.3) is 0 Å². The highest BCUT2D eigenvalue weighted by Crippen LogP contribution is 2.33. The summed E-state index contributed by atoms with van der Waals surface area (Å²) in [7, 11) is 0. The van der Waals surface area contributed by atoms with Crippen molar-refractivity contribution in [2.75, 3.05) is 5.32 Å². The monoisotopic (exact) mass is 391 g/mol. The van der Waals surface area contributed by atoms with Crippen molar-refractivity contribution < 1.29 is 0 Å². The van der Waals surface area contributed by atoms with E-state index in [4.69, 9.17) is 34.8 Å². The largest absolute Gasteiger partial charge is 0.380 e. The highest BCUT2D eigenvalue weighted by Gasteiger charge is 2.11. The summed E-state index contributed by atoms with van der Waals surface area (Å²) in [5.41, 5.74) is 4.19. The molecule has 0 aliphatic rings. The molecule has 106 valence electrons. The van der Waals surface area contributed by atoms with Gasteiger partial charge in [0.05, 0.1) is 15.7 Å². The van der Waals surface area contributed by atoms with Crippen molar-refractivity contribution >= 4 is 56.4 Å². The second kappa shape index (κ2) is 6.57. The van der Waals surface area contributed by atoms with Gasteiger partial charge in [-0.1, -0.05) is 40.9 Å². The van der Waals surface area contributed by atoms with Crippen molar-refractivity contribution in [2.45, 2.75) is 20.4 Å². The van der Waals surface area contributed by atoms with Crippen LogP contribution in [0.3, 0.4) is 0 Å². The van der Waals surface area contributed by atoms with E-state index in [1.54, 1.807) is 12.1 Å². The predicted octanol–water partition coefficient (Wildman–Crippen LogP) is 6.64. The molecule has 0 aromatic heterocycles. The molecule has 1 nitrogen and oxygen atoms in total. The maximum Gasteiger partial charge on any atom is 0.0657 e. The maximum absolute atomic E-state index is 6.20. The van der Waals surface area contributed by atoms with Crippen molar-refractivity contribution in [3.8, 4) is 0 Å². The van der Waals surface area contributed by atoms with Crippen LogP contribution < -0.4 is 5.32 Å². The molecule has 0 amide bonds. The first-order valence-electron chi connectivity index (χ1n) is 6.03. The second-order valence-corrected chi connectivity index (χ2v) is 6.66. The Balaban J connectivity index is 2.28. The van der Waals surface area contributed by atoms with Crippen LogP contribution in [0, 0.1) is 13.8 Å². The first-order valence-corrected chi connectivity index (χ1v) is 7.96. The average molecular weight is 394 g/mol. The van der Waals surface area contributed by atoms with Gasteiger partial charge in [-0.05, 0) is 59.1 Å². The van der Waals surface area contributed by atoms with E-state index in [0.29, 0.717) is 21.6 Å². The highest BCUT2D eigenvalue weighted by atomic mass is 79.9. The van der Waals surface area contributed by atoms with Crippen LogP contribution in [0.15, 0.2) is 28.7 Å². The minimum absolute atomic E-state index is 0.493. The molecule has 20 heavy (non-hydrogen) atoms. The Kier molecular flexibility index (Phi) is 5.25. The van der Waals surface area contributed by atoms with Crippen molar-refractivity contribution in [1.82, 2.24) is 0 Å². The van der Waals surface area contributed by atoms with Crippen LogP contribution >= 0.6 is 50.7 Å². The number of anilines is 1. The summed E-state index contributed by atoms with van der Waals surface area (Å²) in [5.74, 6) is 0. The van der Waals surface area contributed by atoms with E-state index in [-0.39, 0.29) is 0 Å². The molecule has 0 radical (unpaired) electrons. The first kappa shape index (κ1) is 16.0. The van der Waals surface area contributed by atoms with Crippen molar-refractivity contribution in [1.29, 1.82) is 0 Å². The number of rotatable bonds is 3. The third-order valence-corrected chi connectivity index (χ3v) is 4.84. The van der Waals surface area contributed by atoms with Gasteiger partial charge in [-0.15, -0.1) is 0 Å². The quantitative estimate of drug-likeness (QED) is 0.577. The second-order valence-electron chi connectivity index (χ2n) is 4.61. The maximum atomic E-state index is 6.20. The standard InChI is InChI=1S/C15H13BrCl3N/c1-8-5-9(2)15(11(16)6-8)20-7-10-12(17)3-4-13(18)14(10)19/h3-6,20H,7H2,1-2H3. The van der Waals surface area contributed by atoms with E-state index in [2.05, 4.69) is 47.2 Å². The van der Waals surface area contributed by atoms with Crippen LogP contribution in [0.4, 0.5) is 5.69 Å². The lowest BCUT2D eigenvalue weighted by molar-refractivity contribution is 1.13. The molecule has 5 heteroatoms. The molecule has 0 fully saturated rings. The third kappa shape index (κ3) is 3.43. The summed E-state index contributed by atoms with van der Waals surface area (Å²) in [6.45, 7) is 4.63. The molecule has 0 aliphatic carbocycles. The number of aryl methyl sites for hydroxylation is 2. The molecule has 0 saturated carbocycles. The smallest absolute Gasteiger partial charge is 0.0657 e. The van der Waals surface area contributed by atoms with Gasteiger partial charge in [0, 0.05) is 21.6 Å².